The number of halogens is 1. The highest BCUT2D eigenvalue weighted by atomic mass is 19.1. The summed E-state index contributed by atoms with van der Waals surface area (Å²) in [7, 11) is 0. The maximum absolute atomic E-state index is 13.1. The minimum Gasteiger partial charge on any atom is -0.398 e. The summed E-state index contributed by atoms with van der Waals surface area (Å²) in [5, 5.41) is 2.90. The van der Waals surface area contributed by atoms with Gasteiger partial charge in [-0.25, -0.2) is 4.39 Å². The van der Waals surface area contributed by atoms with Crippen molar-refractivity contribution in [3.8, 4) is 0 Å². The lowest BCUT2D eigenvalue weighted by Crippen LogP contribution is -2.54. The first kappa shape index (κ1) is 15.7. The van der Waals surface area contributed by atoms with Gasteiger partial charge in [-0.2, -0.15) is 0 Å². The third-order valence-electron chi connectivity index (χ3n) is 3.45. The molecule has 21 heavy (non-hydrogen) atoms. The van der Waals surface area contributed by atoms with Crippen molar-refractivity contribution >= 4 is 11.6 Å². The first-order chi connectivity index (χ1) is 9.97. The second-order valence-corrected chi connectivity index (χ2v) is 5.57. The maximum Gasteiger partial charge on any atom is 0.239 e. The Hall–Kier alpha value is -1.66. The molecule has 0 spiro atoms. The number of nitrogens with two attached hydrogens (primary N) is 1. The maximum atomic E-state index is 13.1. The van der Waals surface area contributed by atoms with Gasteiger partial charge in [-0.1, -0.05) is 6.07 Å². The largest absolute Gasteiger partial charge is 0.398 e. The minimum atomic E-state index is -0.354. The molecule has 0 radical (unpaired) electrons. The molecule has 1 aromatic rings. The standard InChI is InChI=1S/C15H22FN3O2/c1-10(2)18-15(20)14-9-21-6-5-19(14)8-11-3-4-12(16)7-13(11)17/h3-4,7,10,14H,5-6,8-9,17H2,1-2H3,(H,18,20). The van der Waals surface area contributed by atoms with Crippen molar-refractivity contribution in [1.29, 1.82) is 0 Å². The number of anilines is 1. The van der Waals surface area contributed by atoms with E-state index in [9.17, 15) is 9.18 Å². The van der Waals surface area contributed by atoms with E-state index < -0.39 is 0 Å². The molecule has 1 atom stereocenters. The Morgan fingerprint density at radius 1 is 1.57 bits per heavy atom. The van der Waals surface area contributed by atoms with E-state index in [0.29, 0.717) is 32.0 Å². The Kier molecular flexibility index (Phi) is 5.14. The topological polar surface area (TPSA) is 67.6 Å². The van der Waals surface area contributed by atoms with Gasteiger partial charge < -0.3 is 15.8 Å². The van der Waals surface area contributed by atoms with Crippen LogP contribution < -0.4 is 11.1 Å². The summed E-state index contributed by atoms with van der Waals surface area (Å²) in [5.74, 6) is -0.405. The summed E-state index contributed by atoms with van der Waals surface area (Å²) in [6, 6.07) is 4.09. The van der Waals surface area contributed by atoms with Gasteiger partial charge in [0.2, 0.25) is 5.91 Å². The zero-order valence-corrected chi connectivity index (χ0v) is 12.4. The van der Waals surface area contributed by atoms with Crippen LogP contribution in [0.15, 0.2) is 18.2 Å². The van der Waals surface area contributed by atoms with Crippen LogP contribution in [-0.4, -0.2) is 42.6 Å². The number of ether oxygens (including phenoxy) is 1. The van der Waals surface area contributed by atoms with E-state index in [-0.39, 0.29) is 23.8 Å². The van der Waals surface area contributed by atoms with Crippen molar-refractivity contribution in [2.45, 2.75) is 32.5 Å². The molecule has 1 amide bonds. The van der Waals surface area contributed by atoms with Crippen LogP contribution in [0, 0.1) is 5.82 Å². The van der Waals surface area contributed by atoms with Gasteiger partial charge in [0, 0.05) is 24.8 Å². The van der Waals surface area contributed by atoms with Crippen LogP contribution in [0.1, 0.15) is 19.4 Å². The lowest BCUT2D eigenvalue weighted by Gasteiger charge is -2.35. The Labute approximate surface area is 124 Å². The van der Waals surface area contributed by atoms with Crippen molar-refractivity contribution in [3.05, 3.63) is 29.6 Å². The molecular weight excluding hydrogens is 273 g/mol. The highest BCUT2D eigenvalue weighted by Gasteiger charge is 2.30. The molecule has 1 aliphatic rings. The van der Waals surface area contributed by atoms with Crippen molar-refractivity contribution < 1.29 is 13.9 Å². The fourth-order valence-corrected chi connectivity index (χ4v) is 2.38. The van der Waals surface area contributed by atoms with Crippen molar-refractivity contribution in [2.24, 2.45) is 0 Å². The molecule has 1 aliphatic heterocycles. The number of hydrogen-bond acceptors (Lipinski definition) is 4. The molecule has 1 aromatic carbocycles. The van der Waals surface area contributed by atoms with Gasteiger partial charge in [-0.05, 0) is 31.5 Å². The summed E-state index contributed by atoms with van der Waals surface area (Å²) in [6.07, 6.45) is 0. The smallest absolute Gasteiger partial charge is 0.239 e. The Morgan fingerprint density at radius 3 is 3.00 bits per heavy atom. The Balaban J connectivity index is 2.09. The van der Waals surface area contributed by atoms with Crippen LogP contribution >= 0.6 is 0 Å². The SMILES string of the molecule is CC(C)NC(=O)C1COCCN1Cc1ccc(F)cc1N. The average Bonchev–Trinajstić information content (AvgIpc) is 2.41. The number of carbonyl (C=O) groups excluding carboxylic acids is 1. The predicted molar refractivity (Wildman–Crippen MR) is 79.1 cm³/mol. The van der Waals surface area contributed by atoms with Gasteiger partial charge in [0.15, 0.2) is 0 Å². The van der Waals surface area contributed by atoms with E-state index in [1.807, 2.05) is 18.7 Å². The number of nitrogen functional groups attached to an aromatic ring is 1. The molecule has 6 heteroatoms. The number of hydrogen-bond donors (Lipinski definition) is 2. The van der Waals surface area contributed by atoms with E-state index in [0.717, 1.165) is 5.56 Å². The predicted octanol–water partition coefficient (Wildman–Crippen LogP) is 1.13. The lowest BCUT2D eigenvalue weighted by atomic mass is 10.1. The van der Waals surface area contributed by atoms with Crippen LogP contribution in [0.4, 0.5) is 10.1 Å². The molecule has 2 rings (SSSR count). The molecule has 1 heterocycles. The lowest BCUT2D eigenvalue weighted by molar-refractivity contribution is -0.133. The first-order valence-corrected chi connectivity index (χ1v) is 7.13. The van der Waals surface area contributed by atoms with Gasteiger partial charge >= 0.3 is 0 Å². The number of carbonyl (C=O) groups is 1. The van der Waals surface area contributed by atoms with Crippen LogP contribution in [0.2, 0.25) is 0 Å². The molecule has 1 fully saturated rings. The molecule has 116 valence electrons. The molecule has 0 saturated carbocycles. The third-order valence-corrected chi connectivity index (χ3v) is 3.45. The summed E-state index contributed by atoms with van der Waals surface area (Å²) < 4.78 is 18.5. The monoisotopic (exact) mass is 295 g/mol. The van der Waals surface area contributed by atoms with Crippen LogP contribution in [0.3, 0.4) is 0 Å². The van der Waals surface area contributed by atoms with Gasteiger partial charge in [-0.3, -0.25) is 9.69 Å². The highest BCUT2D eigenvalue weighted by Crippen LogP contribution is 2.18. The average molecular weight is 295 g/mol. The summed E-state index contributed by atoms with van der Waals surface area (Å²) in [4.78, 5) is 14.2. The Morgan fingerprint density at radius 2 is 2.33 bits per heavy atom. The van der Waals surface area contributed by atoms with E-state index in [4.69, 9.17) is 10.5 Å². The molecule has 3 N–H and O–H groups in total. The summed E-state index contributed by atoms with van der Waals surface area (Å²) >= 11 is 0. The van der Waals surface area contributed by atoms with Gasteiger partial charge in [-0.15, -0.1) is 0 Å². The van der Waals surface area contributed by atoms with E-state index in [2.05, 4.69) is 5.32 Å². The summed E-state index contributed by atoms with van der Waals surface area (Å²) in [6.45, 7) is 5.93. The first-order valence-electron chi connectivity index (χ1n) is 7.13. The van der Waals surface area contributed by atoms with E-state index >= 15 is 0 Å². The number of nitrogens with zero attached hydrogens (tertiary/aromatic N) is 1. The quantitative estimate of drug-likeness (QED) is 0.817. The molecule has 1 saturated heterocycles. The molecule has 0 aliphatic carbocycles. The van der Waals surface area contributed by atoms with Gasteiger partial charge in [0.1, 0.15) is 11.9 Å². The highest BCUT2D eigenvalue weighted by molar-refractivity contribution is 5.82. The Bertz CT molecular complexity index is 508. The zero-order valence-electron chi connectivity index (χ0n) is 12.4. The van der Waals surface area contributed by atoms with Crippen LogP contribution in [-0.2, 0) is 16.1 Å². The fourth-order valence-electron chi connectivity index (χ4n) is 2.38. The van der Waals surface area contributed by atoms with Gasteiger partial charge in [0.25, 0.3) is 0 Å². The van der Waals surface area contributed by atoms with Crippen LogP contribution in [0.5, 0.6) is 0 Å². The van der Waals surface area contributed by atoms with E-state index in [1.165, 1.54) is 12.1 Å². The number of morpholine rings is 1. The molecule has 1 unspecified atom stereocenters. The van der Waals surface area contributed by atoms with Crippen LogP contribution in [0.25, 0.3) is 0 Å². The van der Waals surface area contributed by atoms with Crippen molar-refractivity contribution in [2.75, 3.05) is 25.5 Å². The molecule has 0 bridgehead atoms. The molecule has 5 nitrogen and oxygen atoms in total. The number of rotatable bonds is 4. The fraction of sp³-hybridized carbons (Fsp3) is 0.533. The number of amides is 1. The third kappa shape index (κ3) is 4.15. The van der Waals surface area contributed by atoms with Crippen molar-refractivity contribution in [3.63, 3.8) is 0 Å². The van der Waals surface area contributed by atoms with Gasteiger partial charge in [0.05, 0.1) is 13.2 Å². The summed E-state index contributed by atoms with van der Waals surface area (Å²) in [5.41, 5.74) is 7.07. The van der Waals surface area contributed by atoms with Crippen molar-refractivity contribution in [1.82, 2.24) is 10.2 Å². The molecular formula is C15H22FN3O2. The molecule has 0 aromatic heterocycles. The number of benzene rings is 1. The number of nitrogens with one attached hydrogen (secondary N) is 1. The second-order valence-electron chi connectivity index (χ2n) is 5.57. The zero-order chi connectivity index (χ0) is 15.4. The second kappa shape index (κ2) is 6.87. The minimum absolute atomic E-state index is 0.0506. The normalized spacial score (nSPS) is 19.7. The van der Waals surface area contributed by atoms with E-state index in [1.54, 1.807) is 6.07 Å².